The van der Waals surface area contributed by atoms with Gasteiger partial charge in [0.25, 0.3) is 0 Å². The molecule has 0 saturated carbocycles. The molecule has 0 aromatic heterocycles. The molecule has 1 unspecified atom stereocenters. The van der Waals surface area contributed by atoms with Crippen molar-refractivity contribution in [3.63, 3.8) is 0 Å². The summed E-state index contributed by atoms with van der Waals surface area (Å²) in [5.41, 5.74) is 2.91. The van der Waals surface area contributed by atoms with Crippen molar-refractivity contribution in [1.29, 1.82) is 0 Å². The Kier molecular flexibility index (Phi) is 4.90. The van der Waals surface area contributed by atoms with Crippen LogP contribution in [0.15, 0.2) is 12.1 Å². The molecule has 0 aliphatic carbocycles. The van der Waals surface area contributed by atoms with Crippen LogP contribution in [0, 0.1) is 13.8 Å². The van der Waals surface area contributed by atoms with E-state index in [9.17, 15) is 4.79 Å². The van der Waals surface area contributed by atoms with Crippen LogP contribution in [0.4, 0.5) is 10.5 Å². The number of nitrogens with zero attached hydrogens (tertiary/aromatic N) is 1. The van der Waals surface area contributed by atoms with Crippen LogP contribution < -0.4 is 5.32 Å². The molecular formula is C17H25ClN2O2. The van der Waals surface area contributed by atoms with Crippen LogP contribution in [0.25, 0.3) is 0 Å². The van der Waals surface area contributed by atoms with Crippen molar-refractivity contribution in [2.24, 2.45) is 0 Å². The van der Waals surface area contributed by atoms with E-state index in [1.165, 1.54) is 0 Å². The maximum absolute atomic E-state index is 12.1. The molecule has 1 aliphatic rings. The van der Waals surface area contributed by atoms with Crippen LogP contribution in [0.2, 0.25) is 5.02 Å². The fraction of sp³-hybridized carbons (Fsp3) is 0.588. The minimum atomic E-state index is -0.452. The Morgan fingerprint density at radius 3 is 2.45 bits per heavy atom. The molecule has 1 aromatic carbocycles. The van der Waals surface area contributed by atoms with E-state index in [-0.39, 0.29) is 12.1 Å². The third-order valence-electron chi connectivity index (χ3n) is 3.69. The number of hydrogen-bond donors (Lipinski definition) is 1. The molecule has 4 nitrogen and oxygen atoms in total. The normalized spacial score (nSPS) is 18.5. The molecule has 1 amide bonds. The number of ether oxygens (including phenoxy) is 1. The first-order valence-electron chi connectivity index (χ1n) is 7.67. The Hall–Kier alpha value is -1.42. The summed E-state index contributed by atoms with van der Waals surface area (Å²) in [6.07, 6.45) is 0.683. The smallest absolute Gasteiger partial charge is 0.410 e. The highest BCUT2D eigenvalue weighted by atomic mass is 35.5. The standard InChI is InChI=1S/C17H25ClN2O2/c1-11-8-13(18)9-12(2)15(11)19-14-6-7-20(10-14)16(21)22-17(3,4)5/h8-9,14,19H,6-7,10H2,1-5H3. The number of nitrogens with one attached hydrogen (secondary N) is 1. The van der Waals surface area contributed by atoms with Crippen molar-refractivity contribution in [3.8, 4) is 0 Å². The minimum Gasteiger partial charge on any atom is -0.444 e. The highest BCUT2D eigenvalue weighted by molar-refractivity contribution is 6.30. The van der Waals surface area contributed by atoms with Gasteiger partial charge in [-0.25, -0.2) is 4.79 Å². The summed E-state index contributed by atoms with van der Waals surface area (Å²) >= 11 is 6.07. The van der Waals surface area contributed by atoms with Crippen molar-refractivity contribution in [3.05, 3.63) is 28.3 Å². The van der Waals surface area contributed by atoms with E-state index in [1.54, 1.807) is 4.90 Å². The number of likely N-dealkylation sites (tertiary alicyclic amines) is 1. The number of hydrogen-bond acceptors (Lipinski definition) is 3. The average molecular weight is 325 g/mol. The summed E-state index contributed by atoms with van der Waals surface area (Å²) in [6, 6.07) is 4.15. The summed E-state index contributed by atoms with van der Waals surface area (Å²) in [6.45, 7) is 11.1. The minimum absolute atomic E-state index is 0.235. The van der Waals surface area contributed by atoms with E-state index in [0.29, 0.717) is 6.54 Å². The molecule has 1 aromatic rings. The van der Waals surface area contributed by atoms with E-state index in [1.807, 2.05) is 46.8 Å². The number of anilines is 1. The van der Waals surface area contributed by atoms with Gasteiger partial charge >= 0.3 is 6.09 Å². The predicted molar refractivity (Wildman–Crippen MR) is 90.8 cm³/mol. The lowest BCUT2D eigenvalue weighted by Gasteiger charge is -2.25. The van der Waals surface area contributed by atoms with Gasteiger partial charge in [0.15, 0.2) is 0 Å². The van der Waals surface area contributed by atoms with E-state index < -0.39 is 5.60 Å². The van der Waals surface area contributed by atoms with Crippen molar-refractivity contribution in [2.75, 3.05) is 18.4 Å². The van der Waals surface area contributed by atoms with Gasteiger partial charge < -0.3 is 15.0 Å². The molecule has 122 valence electrons. The molecule has 1 fully saturated rings. The molecule has 1 atom stereocenters. The van der Waals surface area contributed by atoms with Gasteiger partial charge in [-0.15, -0.1) is 0 Å². The number of halogens is 1. The summed E-state index contributed by atoms with van der Waals surface area (Å²) in [5.74, 6) is 0. The van der Waals surface area contributed by atoms with Crippen LogP contribution in [-0.4, -0.2) is 35.7 Å². The van der Waals surface area contributed by atoms with E-state index >= 15 is 0 Å². The van der Waals surface area contributed by atoms with E-state index in [2.05, 4.69) is 5.32 Å². The molecule has 0 spiro atoms. The second-order valence-electron chi connectivity index (χ2n) is 6.97. The molecule has 1 heterocycles. The molecule has 1 N–H and O–H groups in total. The Labute approximate surface area is 137 Å². The van der Waals surface area contributed by atoms with Crippen molar-refractivity contribution in [2.45, 2.75) is 52.7 Å². The summed E-state index contributed by atoms with van der Waals surface area (Å²) in [7, 11) is 0. The predicted octanol–water partition coefficient (Wildman–Crippen LogP) is 4.38. The molecule has 22 heavy (non-hydrogen) atoms. The molecule has 0 radical (unpaired) electrons. The zero-order valence-electron chi connectivity index (χ0n) is 14.0. The van der Waals surface area contributed by atoms with Crippen LogP contribution >= 0.6 is 11.6 Å². The van der Waals surface area contributed by atoms with Gasteiger partial charge in [0, 0.05) is 29.8 Å². The topological polar surface area (TPSA) is 41.6 Å². The Balaban J connectivity index is 1.99. The summed E-state index contributed by atoms with van der Waals surface area (Å²) in [5, 5.41) is 4.30. The number of aryl methyl sites for hydroxylation is 2. The van der Waals surface area contributed by atoms with Gasteiger partial charge in [-0.2, -0.15) is 0 Å². The van der Waals surface area contributed by atoms with Crippen LogP contribution in [-0.2, 0) is 4.74 Å². The van der Waals surface area contributed by atoms with Crippen LogP contribution in [0.5, 0.6) is 0 Å². The number of carbonyl (C=O) groups excluding carboxylic acids is 1. The Bertz CT molecular complexity index is 543. The molecule has 1 saturated heterocycles. The number of benzene rings is 1. The lowest BCUT2D eigenvalue weighted by molar-refractivity contribution is 0.0293. The van der Waals surface area contributed by atoms with Gasteiger partial charge in [0.2, 0.25) is 0 Å². The van der Waals surface area contributed by atoms with Gasteiger partial charge in [0.1, 0.15) is 5.60 Å². The van der Waals surface area contributed by atoms with Crippen molar-refractivity contribution >= 4 is 23.4 Å². The second-order valence-corrected chi connectivity index (χ2v) is 7.41. The molecule has 5 heteroatoms. The van der Waals surface area contributed by atoms with Gasteiger partial charge in [-0.05, 0) is 64.3 Å². The third kappa shape index (κ3) is 4.29. The summed E-state index contributed by atoms with van der Waals surface area (Å²) < 4.78 is 5.43. The zero-order chi connectivity index (χ0) is 16.5. The molecular weight excluding hydrogens is 300 g/mol. The highest BCUT2D eigenvalue weighted by Crippen LogP contribution is 2.27. The van der Waals surface area contributed by atoms with Gasteiger partial charge in [0.05, 0.1) is 0 Å². The SMILES string of the molecule is Cc1cc(Cl)cc(C)c1NC1CCN(C(=O)OC(C)(C)C)C1. The first kappa shape index (κ1) is 16.9. The quantitative estimate of drug-likeness (QED) is 0.877. The number of amides is 1. The van der Waals surface area contributed by atoms with Crippen LogP contribution in [0.3, 0.4) is 0 Å². The Morgan fingerprint density at radius 2 is 1.91 bits per heavy atom. The Morgan fingerprint density at radius 1 is 1.32 bits per heavy atom. The van der Waals surface area contributed by atoms with Gasteiger partial charge in [-0.3, -0.25) is 0 Å². The number of rotatable bonds is 2. The fourth-order valence-corrected chi connectivity index (χ4v) is 3.04. The van der Waals surface area contributed by atoms with Crippen LogP contribution in [0.1, 0.15) is 38.3 Å². The maximum Gasteiger partial charge on any atom is 0.410 e. The van der Waals surface area contributed by atoms with Crippen molar-refractivity contribution in [1.82, 2.24) is 4.90 Å². The van der Waals surface area contributed by atoms with Gasteiger partial charge in [-0.1, -0.05) is 11.6 Å². The molecule has 1 aliphatic heterocycles. The average Bonchev–Trinajstić information content (AvgIpc) is 2.80. The fourth-order valence-electron chi connectivity index (χ4n) is 2.71. The monoisotopic (exact) mass is 324 g/mol. The number of carbonyl (C=O) groups is 1. The second kappa shape index (κ2) is 6.37. The van der Waals surface area contributed by atoms with E-state index in [0.717, 1.165) is 34.8 Å². The van der Waals surface area contributed by atoms with E-state index in [4.69, 9.17) is 16.3 Å². The maximum atomic E-state index is 12.1. The highest BCUT2D eigenvalue weighted by Gasteiger charge is 2.30. The lowest BCUT2D eigenvalue weighted by atomic mass is 10.1. The molecule has 0 bridgehead atoms. The zero-order valence-corrected chi connectivity index (χ0v) is 14.8. The lowest BCUT2D eigenvalue weighted by Crippen LogP contribution is -2.36. The first-order chi connectivity index (χ1) is 10.2. The summed E-state index contributed by atoms with van der Waals surface area (Å²) in [4.78, 5) is 13.9. The van der Waals surface area contributed by atoms with Crippen molar-refractivity contribution < 1.29 is 9.53 Å². The largest absolute Gasteiger partial charge is 0.444 e. The third-order valence-corrected chi connectivity index (χ3v) is 3.90. The first-order valence-corrected chi connectivity index (χ1v) is 8.05. The molecule has 2 rings (SSSR count).